The number of aromatic nitrogens is 1. The van der Waals surface area contributed by atoms with Crippen molar-refractivity contribution in [2.75, 3.05) is 5.43 Å². The molecule has 1 aliphatic rings. The van der Waals surface area contributed by atoms with Crippen molar-refractivity contribution in [3.8, 4) is 0 Å². The largest absolute Gasteiger partial charge is 0.481 e. The normalized spacial score (nSPS) is 15.8. The fraction of sp³-hybridized carbons (Fsp3) is 0.222. The van der Waals surface area contributed by atoms with Gasteiger partial charge in [-0.15, -0.1) is 0 Å². The maximum Gasteiger partial charge on any atom is 0.310 e. The van der Waals surface area contributed by atoms with Crippen LogP contribution in [0.4, 0.5) is 5.82 Å². The molecule has 0 bridgehead atoms. The van der Waals surface area contributed by atoms with Gasteiger partial charge in [0.1, 0.15) is 5.82 Å². The second kappa shape index (κ2) is 6.53. The van der Waals surface area contributed by atoms with Crippen LogP contribution in [0.2, 0.25) is 0 Å². The number of pyridine rings is 1. The number of imide groups is 1. The molecule has 0 saturated heterocycles. The summed E-state index contributed by atoms with van der Waals surface area (Å²) in [6, 6.07) is 6.89. The molecule has 1 aromatic heterocycles. The van der Waals surface area contributed by atoms with E-state index >= 15 is 0 Å². The number of carboxylic acid groups (broad SMARTS) is 1. The Morgan fingerprint density at radius 2 is 1.81 bits per heavy atom. The molecule has 134 valence electrons. The topological polar surface area (TPSA) is 99.6 Å². The van der Waals surface area contributed by atoms with Crippen LogP contribution in [0.1, 0.15) is 32.3 Å². The van der Waals surface area contributed by atoms with Crippen LogP contribution in [-0.4, -0.2) is 32.9 Å². The average Bonchev–Trinajstić information content (AvgIpc) is 2.78. The number of nitrogens with one attached hydrogen (secondary N) is 1. The monoisotopic (exact) mass is 417 g/mol. The van der Waals surface area contributed by atoms with E-state index in [9.17, 15) is 19.5 Å². The Balaban J connectivity index is 2.08. The number of benzene rings is 1. The van der Waals surface area contributed by atoms with Gasteiger partial charge in [-0.1, -0.05) is 22.0 Å². The van der Waals surface area contributed by atoms with Crippen LogP contribution in [-0.2, 0) is 14.4 Å². The molecule has 2 aromatic rings. The van der Waals surface area contributed by atoms with Crippen molar-refractivity contribution in [3.05, 3.63) is 45.4 Å². The van der Waals surface area contributed by atoms with Crippen molar-refractivity contribution in [1.29, 1.82) is 0 Å². The number of carbonyl (C=O) groups excluding carboxylic acids is 2. The lowest BCUT2D eigenvalue weighted by atomic mass is 9.97. The van der Waals surface area contributed by atoms with E-state index in [1.165, 1.54) is 0 Å². The first-order chi connectivity index (χ1) is 12.2. The highest BCUT2D eigenvalue weighted by Gasteiger charge is 2.34. The maximum absolute atomic E-state index is 12.2. The third-order valence-corrected chi connectivity index (χ3v) is 4.97. The van der Waals surface area contributed by atoms with Gasteiger partial charge < -0.3 is 5.11 Å². The molecule has 2 heterocycles. The van der Waals surface area contributed by atoms with Crippen molar-refractivity contribution in [1.82, 2.24) is 9.99 Å². The summed E-state index contributed by atoms with van der Waals surface area (Å²) in [5, 5.41) is 11.0. The zero-order valence-corrected chi connectivity index (χ0v) is 15.9. The van der Waals surface area contributed by atoms with Crippen molar-refractivity contribution < 1.29 is 19.5 Å². The van der Waals surface area contributed by atoms with Crippen LogP contribution in [0, 0.1) is 0 Å². The minimum atomic E-state index is -0.979. The van der Waals surface area contributed by atoms with E-state index in [2.05, 4.69) is 26.3 Å². The molecule has 0 saturated carbocycles. The van der Waals surface area contributed by atoms with Crippen LogP contribution >= 0.6 is 15.9 Å². The lowest BCUT2D eigenvalue weighted by molar-refractivity contribution is -0.138. The van der Waals surface area contributed by atoms with E-state index in [-0.39, 0.29) is 5.82 Å². The van der Waals surface area contributed by atoms with Gasteiger partial charge in [-0.25, -0.2) is 4.98 Å². The van der Waals surface area contributed by atoms with Gasteiger partial charge in [0.05, 0.1) is 11.4 Å². The molecule has 2 amide bonds. The number of hydrazine groups is 1. The van der Waals surface area contributed by atoms with Crippen LogP contribution in [0.5, 0.6) is 0 Å². The molecule has 1 atom stereocenters. The zero-order chi connectivity index (χ0) is 19.2. The number of aliphatic carboxylic acids is 1. The van der Waals surface area contributed by atoms with Crippen molar-refractivity contribution in [3.63, 3.8) is 0 Å². The SMILES string of the molecule is CC1=C(C)C(=O)N(Nc2cc(C(C)C(=O)O)c3ccc(Br)cc3n2)C1=O. The fourth-order valence-electron chi connectivity index (χ4n) is 2.74. The highest BCUT2D eigenvalue weighted by atomic mass is 79.9. The third-order valence-electron chi connectivity index (χ3n) is 4.48. The molecular weight excluding hydrogens is 402 g/mol. The van der Waals surface area contributed by atoms with Gasteiger partial charge in [0.2, 0.25) is 0 Å². The van der Waals surface area contributed by atoms with Crippen molar-refractivity contribution in [2.45, 2.75) is 26.7 Å². The number of carboxylic acids is 1. The van der Waals surface area contributed by atoms with Gasteiger partial charge in [-0.2, -0.15) is 5.01 Å². The van der Waals surface area contributed by atoms with Crippen LogP contribution < -0.4 is 5.43 Å². The van der Waals surface area contributed by atoms with E-state index in [0.717, 1.165) is 9.48 Å². The summed E-state index contributed by atoms with van der Waals surface area (Å²) < 4.78 is 0.783. The first-order valence-electron chi connectivity index (χ1n) is 7.86. The zero-order valence-electron chi connectivity index (χ0n) is 14.3. The maximum atomic E-state index is 12.2. The minimum absolute atomic E-state index is 0.225. The molecule has 0 aliphatic carbocycles. The molecule has 1 unspecified atom stereocenters. The Morgan fingerprint density at radius 1 is 1.19 bits per heavy atom. The number of fused-ring (bicyclic) bond motifs is 1. The summed E-state index contributed by atoms with van der Waals surface area (Å²) >= 11 is 3.37. The summed E-state index contributed by atoms with van der Waals surface area (Å²) in [6.07, 6.45) is 0. The van der Waals surface area contributed by atoms with Crippen molar-refractivity contribution in [2.24, 2.45) is 0 Å². The molecule has 1 aromatic carbocycles. The summed E-state index contributed by atoms with van der Waals surface area (Å²) in [5.74, 6) is -2.43. The number of nitrogens with zero attached hydrogens (tertiary/aromatic N) is 2. The molecular formula is C18H16BrN3O4. The highest BCUT2D eigenvalue weighted by Crippen LogP contribution is 2.30. The van der Waals surface area contributed by atoms with E-state index < -0.39 is 23.7 Å². The third kappa shape index (κ3) is 2.96. The molecule has 3 rings (SSSR count). The van der Waals surface area contributed by atoms with Gasteiger partial charge in [0, 0.05) is 21.0 Å². The predicted molar refractivity (Wildman–Crippen MR) is 99.3 cm³/mol. The van der Waals surface area contributed by atoms with Gasteiger partial charge >= 0.3 is 5.97 Å². The number of hydrogen-bond donors (Lipinski definition) is 2. The molecule has 8 heteroatoms. The molecule has 7 nitrogen and oxygen atoms in total. The van der Waals surface area contributed by atoms with Gasteiger partial charge in [-0.05, 0) is 44.5 Å². The summed E-state index contributed by atoms with van der Waals surface area (Å²) in [6.45, 7) is 4.74. The molecule has 0 fully saturated rings. The molecule has 0 spiro atoms. The smallest absolute Gasteiger partial charge is 0.310 e. The van der Waals surface area contributed by atoms with Gasteiger partial charge in [0.15, 0.2) is 0 Å². The highest BCUT2D eigenvalue weighted by molar-refractivity contribution is 9.10. The first-order valence-corrected chi connectivity index (χ1v) is 8.66. The van der Waals surface area contributed by atoms with E-state index in [1.807, 2.05) is 0 Å². The fourth-order valence-corrected chi connectivity index (χ4v) is 3.09. The quantitative estimate of drug-likeness (QED) is 0.740. The lowest BCUT2D eigenvalue weighted by Crippen LogP contribution is -2.37. The number of rotatable bonds is 4. The van der Waals surface area contributed by atoms with Crippen LogP contribution in [0.15, 0.2) is 39.9 Å². The lowest BCUT2D eigenvalue weighted by Gasteiger charge is -2.19. The Labute approximate surface area is 157 Å². The summed E-state index contributed by atoms with van der Waals surface area (Å²) in [7, 11) is 0. The van der Waals surface area contributed by atoms with Gasteiger partial charge in [-0.3, -0.25) is 19.8 Å². The Morgan fingerprint density at radius 3 is 2.38 bits per heavy atom. The Kier molecular flexibility index (Phi) is 4.53. The second-order valence-electron chi connectivity index (χ2n) is 6.13. The van der Waals surface area contributed by atoms with E-state index in [0.29, 0.717) is 27.6 Å². The first kappa shape index (κ1) is 18.1. The summed E-state index contributed by atoms with van der Waals surface area (Å²) in [4.78, 5) is 40.4. The van der Waals surface area contributed by atoms with E-state index in [1.54, 1.807) is 45.0 Å². The van der Waals surface area contributed by atoms with Gasteiger partial charge in [0.25, 0.3) is 11.8 Å². The summed E-state index contributed by atoms with van der Waals surface area (Å²) in [5.41, 5.74) is 4.54. The average molecular weight is 418 g/mol. The molecule has 26 heavy (non-hydrogen) atoms. The Bertz CT molecular complexity index is 975. The van der Waals surface area contributed by atoms with E-state index in [4.69, 9.17) is 0 Å². The Hall–Kier alpha value is -2.74. The number of carbonyl (C=O) groups is 3. The minimum Gasteiger partial charge on any atom is -0.481 e. The molecule has 0 radical (unpaired) electrons. The van der Waals surface area contributed by atoms with Crippen LogP contribution in [0.25, 0.3) is 10.9 Å². The number of amides is 2. The van der Waals surface area contributed by atoms with Crippen LogP contribution in [0.3, 0.4) is 0 Å². The number of halogens is 1. The molecule has 1 aliphatic heterocycles. The second-order valence-corrected chi connectivity index (χ2v) is 7.04. The predicted octanol–water partition coefficient (Wildman–Crippen LogP) is 3.22. The number of anilines is 1. The number of hydrogen-bond acceptors (Lipinski definition) is 5. The molecule has 2 N–H and O–H groups in total. The standard InChI is InChI=1S/C18H16BrN3O4/c1-8-9(2)17(24)22(16(8)23)21-15-7-13(10(3)18(25)26)12-5-4-11(19)6-14(12)20-15/h4-7,10H,1-3H3,(H,20,21)(H,25,26). The van der Waals surface area contributed by atoms with Crippen molar-refractivity contribution >= 4 is 50.4 Å².